The lowest BCUT2D eigenvalue weighted by molar-refractivity contribution is -0.148. The average molecular weight is 341 g/mol. The second kappa shape index (κ2) is 14.9. The maximum Gasteiger partial charge on any atom is 0.332 e. The summed E-state index contributed by atoms with van der Waals surface area (Å²) < 4.78 is 10.3. The molecule has 0 amide bonds. The quantitative estimate of drug-likeness (QED) is 0.190. The molecule has 0 atom stereocenters. The molecule has 0 heterocycles. The van der Waals surface area contributed by atoms with Gasteiger partial charge in [0.2, 0.25) is 0 Å². The Labute approximate surface area is 146 Å². The van der Waals surface area contributed by atoms with Crippen LogP contribution in [-0.4, -0.2) is 25.1 Å². The predicted octanol–water partition coefficient (Wildman–Crippen LogP) is 5.14. The van der Waals surface area contributed by atoms with Gasteiger partial charge in [-0.3, -0.25) is 0 Å². The van der Waals surface area contributed by atoms with E-state index in [1.54, 1.807) is 0 Å². The first kappa shape index (κ1) is 20.4. The lowest BCUT2D eigenvalue weighted by Gasteiger charge is -2.05. The van der Waals surface area contributed by atoms with Crippen molar-refractivity contribution in [2.24, 2.45) is 5.92 Å². The third kappa shape index (κ3) is 14.7. The topological polar surface area (TPSA) is 35.5 Å². The Bertz CT molecular complexity index is 355. The fourth-order valence-corrected chi connectivity index (χ4v) is 2.84. The molecule has 0 spiro atoms. The van der Waals surface area contributed by atoms with E-state index in [9.17, 15) is 4.79 Å². The summed E-state index contributed by atoms with van der Waals surface area (Å²) in [5, 5.41) is 2.89. The van der Waals surface area contributed by atoms with Crippen molar-refractivity contribution in [3.63, 3.8) is 0 Å². The maximum atomic E-state index is 11.4. The lowest BCUT2D eigenvalue weighted by atomic mass is 10.1. The molecule has 0 unspecified atom stereocenters. The fraction of sp³-hybridized carbons (Fsp3) is 0.842. The Hall–Kier alpha value is -0.660. The average Bonchev–Trinajstić information content (AvgIpc) is 3.37. The monoisotopic (exact) mass is 340 g/mol. The van der Waals surface area contributed by atoms with Crippen LogP contribution in [0.15, 0.2) is 0 Å². The van der Waals surface area contributed by atoms with Gasteiger partial charge in [-0.15, -0.1) is 0 Å². The Balaban J connectivity index is 1.73. The van der Waals surface area contributed by atoms with Crippen LogP contribution >= 0.6 is 11.8 Å². The molecule has 0 aromatic carbocycles. The van der Waals surface area contributed by atoms with E-state index in [0.29, 0.717) is 12.5 Å². The lowest BCUT2D eigenvalue weighted by Crippen LogP contribution is -2.13. The number of hydrogen-bond acceptors (Lipinski definition) is 4. The normalized spacial score (nSPS) is 13.4. The van der Waals surface area contributed by atoms with Gasteiger partial charge in [-0.2, -0.15) is 0 Å². The van der Waals surface area contributed by atoms with Crippen LogP contribution in [0.5, 0.6) is 0 Å². The highest BCUT2D eigenvalue weighted by Gasteiger charge is 2.19. The van der Waals surface area contributed by atoms with Crippen molar-refractivity contribution < 1.29 is 14.3 Å². The van der Waals surface area contributed by atoms with E-state index in [2.05, 4.69) is 11.2 Å². The number of thioether (sulfide) groups is 1. The summed E-state index contributed by atoms with van der Waals surface area (Å²) in [5.41, 5.74) is 0. The van der Waals surface area contributed by atoms with Gasteiger partial charge < -0.3 is 9.47 Å². The SMILES string of the molecule is CCC#CSCOCC(=O)OCCCCCCCCCC1CC1. The summed E-state index contributed by atoms with van der Waals surface area (Å²) in [6.45, 7) is 2.55. The van der Waals surface area contributed by atoms with Crippen LogP contribution in [0.4, 0.5) is 0 Å². The van der Waals surface area contributed by atoms with Gasteiger partial charge in [0.15, 0.2) is 0 Å². The molecule has 0 bridgehead atoms. The van der Waals surface area contributed by atoms with Gasteiger partial charge in [0, 0.05) is 6.42 Å². The van der Waals surface area contributed by atoms with Gasteiger partial charge in [0.05, 0.1) is 6.61 Å². The smallest absolute Gasteiger partial charge is 0.332 e. The van der Waals surface area contributed by atoms with E-state index < -0.39 is 0 Å². The van der Waals surface area contributed by atoms with Gasteiger partial charge in [-0.1, -0.05) is 70.6 Å². The van der Waals surface area contributed by atoms with Crippen molar-refractivity contribution in [1.82, 2.24) is 0 Å². The number of hydrogen-bond donors (Lipinski definition) is 0. The van der Waals surface area contributed by atoms with E-state index in [1.165, 1.54) is 63.1 Å². The van der Waals surface area contributed by atoms with Crippen molar-refractivity contribution in [1.29, 1.82) is 0 Å². The summed E-state index contributed by atoms with van der Waals surface area (Å²) in [6.07, 6.45) is 14.1. The molecule has 0 radical (unpaired) electrons. The minimum atomic E-state index is -0.269. The maximum absolute atomic E-state index is 11.4. The zero-order chi connectivity index (χ0) is 16.6. The highest BCUT2D eigenvalue weighted by Crippen LogP contribution is 2.34. The standard InChI is InChI=1S/C19H32O3S/c1-2-3-15-23-17-21-16-19(20)22-14-10-8-6-4-5-7-9-11-18-12-13-18/h18H,2,4-14,16-17H2,1H3. The molecule has 1 saturated carbocycles. The molecule has 1 aliphatic carbocycles. The summed E-state index contributed by atoms with van der Waals surface area (Å²) in [5.74, 6) is 4.16. The van der Waals surface area contributed by atoms with Crippen molar-refractivity contribution >= 4 is 17.7 Å². The van der Waals surface area contributed by atoms with Gasteiger partial charge in [-0.05, 0) is 29.4 Å². The second-order valence-corrected chi connectivity index (χ2v) is 6.90. The second-order valence-electron chi connectivity index (χ2n) is 6.17. The molecular weight excluding hydrogens is 308 g/mol. The zero-order valence-electron chi connectivity index (χ0n) is 14.6. The molecule has 1 rings (SSSR count). The number of rotatable bonds is 14. The predicted molar refractivity (Wildman–Crippen MR) is 97.1 cm³/mol. The zero-order valence-corrected chi connectivity index (χ0v) is 15.4. The third-order valence-corrected chi connectivity index (χ3v) is 4.47. The first-order valence-corrected chi connectivity index (χ1v) is 10.1. The molecule has 132 valence electrons. The van der Waals surface area contributed by atoms with Gasteiger partial charge in [0.25, 0.3) is 0 Å². The molecule has 0 aliphatic heterocycles. The van der Waals surface area contributed by atoms with E-state index in [-0.39, 0.29) is 12.6 Å². The summed E-state index contributed by atoms with van der Waals surface area (Å²) in [7, 11) is 0. The molecule has 0 saturated heterocycles. The van der Waals surface area contributed by atoms with E-state index in [4.69, 9.17) is 9.47 Å². The van der Waals surface area contributed by atoms with Crippen LogP contribution in [-0.2, 0) is 14.3 Å². The molecule has 3 nitrogen and oxygen atoms in total. The summed E-state index contributed by atoms with van der Waals surface area (Å²) in [4.78, 5) is 11.4. The number of unbranched alkanes of at least 4 members (excludes halogenated alkanes) is 6. The van der Waals surface area contributed by atoms with Gasteiger partial charge >= 0.3 is 5.97 Å². The first-order valence-electron chi connectivity index (χ1n) is 9.16. The molecular formula is C19H32O3S. The van der Waals surface area contributed by atoms with Crippen LogP contribution in [0, 0.1) is 17.1 Å². The molecule has 23 heavy (non-hydrogen) atoms. The summed E-state index contributed by atoms with van der Waals surface area (Å²) >= 11 is 1.38. The van der Waals surface area contributed by atoms with Crippen LogP contribution in [0.2, 0.25) is 0 Å². The Morgan fingerprint density at radius 3 is 2.48 bits per heavy atom. The minimum absolute atomic E-state index is 0.0296. The first-order chi connectivity index (χ1) is 11.3. The van der Waals surface area contributed by atoms with Crippen LogP contribution in [0.1, 0.15) is 77.6 Å². The van der Waals surface area contributed by atoms with Crippen molar-refractivity contribution in [2.45, 2.75) is 77.6 Å². The largest absolute Gasteiger partial charge is 0.464 e. The molecule has 0 aromatic rings. The minimum Gasteiger partial charge on any atom is -0.464 e. The van der Waals surface area contributed by atoms with Crippen molar-refractivity contribution in [3.05, 3.63) is 0 Å². The summed E-state index contributed by atoms with van der Waals surface area (Å²) in [6, 6.07) is 0. The number of carbonyl (C=O) groups is 1. The molecule has 4 heteroatoms. The molecule has 0 N–H and O–H groups in total. The number of ether oxygens (including phenoxy) is 2. The molecule has 1 aliphatic rings. The fourth-order valence-electron chi connectivity index (χ4n) is 2.37. The number of esters is 1. The van der Waals surface area contributed by atoms with E-state index >= 15 is 0 Å². The van der Waals surface area contributed by atoms with Gasteiger partial charge in [0.1, 0.15) is 12.5 Å². The van der Waals surface area contributed by atoms with Gasteiger partial charge in [-0.25, -0.2) is 4.79 Å². The third-order valence-electron chi connectivity index (χ3n) is 3.90. The van der Waals surface area contributed by atoms with Crippen LogP contribution in [0.25, 0.3) is 0 Å². The van der Waals surface area contributed by atoms with E-state index in [1.807, 2.05) is 6.92 Å². The van der Waals surface area contributed by atoms with Crippen molar-refractivity contribution in [3.8, 4) is 11.2 Å². The Morgan fingerprint density at radius 2 is 1.78 bits per heavy atom. The molecule has 1 fully saturated rings. The highest BCUT2D eigenvalue weighted by atomic mass is 32.2. The Kier molecular flexibility index (Phi) is 13.2. The number of carbonyl (C=O) groups excluding carboxylic acids is 1. The molecule has 0 aromatic heterocycles. The highest BCUT2D eigenvalue weighted by molar-refractivity contribution is 8.03. The van der Waals surface area contributed by atoms with Crippen molar-refractivity contribution in [2.75, 3.05) is 19.2 Å². The van der Waals surface area contributed by atoms with Crippen LogP contribution < -0.4 is 0 Å². The van der Waals surface area contributed by atoms with Crippen LogP contribution in [0.3, 0.4) is 0 Å². The van der Waals surface area contributed by atoms with E-state index in [0.717, 1.165) is 25.2 Å². The Morgan fingerprint density at radius 1 is 1.09 bits per heavy atom.